The maximum atomic E-state index is 6.17. The smallest absolute Gasteiger partial charge is 0.121 e. The van der Waals surface area contributed by atoms with E-state index in [4.69, 9.17) is 16.2 Å². The van der Waals surface area contributed by atoms with E-state index in [1.54, 1.807) is 0 Å². The van der Waals surface area contributed by atoms with Crippen LogP contribution >= 0.6 is 0 Å². The summed E-state index contributed by atoms with van der Waals surface area (Å²) >= 11 is 0. The van der Waals surface area contributed by atoms with Gasteiger partial charge in [-0.15, -0.1) is 0 Å². The summed E-state index contributed by atoms with van der Waals surface area (Å²) in [4.78, 5) is 0. The second kappa shape index (κ2) is 11.6. The minimum absolute atomic E-state index is 0.104. The van der Waals surface area contributed by atoms with Crippen molar-refractivity contribution in [3.05, 3.63) is 0 Å². The van der Waals surface area contributed by atoms with Crippen molar-refractivity contribution < 1.29 is 4.74 Å². The number of hydrogen-bond acceptors (Lipinski definition) is 5. The first-order chi connectivity index (χ1) is 9.36. The van der Waals surface area contributed by atoms with E-state index in [0.29, 0.717) is 6.10 Å². The van der Waals surface area contributed by atoms with Gasteiger partial charge in [0.05, 0.1) is 6.10 Å². The van der Waals surface area contributed by atoms with Gasteiger partial charge in [0.25, 0.3) is 0 Å². The predicted molar refractivity (Wildman–Crippen MR) is 80.0 cm³/mol. The third-order valence-corrected chi connectivity index (χ3v) is 3.55. The Morgan fingerprint density at radius 2 is 1.68 bits per heavy atom. The molecule has 5 nitrogen and oxygen atoms in total. The van der Waals surface area contributed by atoms with Crippen LogP contribution < -0.4 is 22.1 Å². The van der Waals surface area contributed by atoms with Crippen LogP contribution in [0.2, 0.25) is 0 Å². The molecule has 0 saturated heterocycles. The van der Waals surface area contributed by atoms with Gasteiger partial charge in [0.2, 0.25) is 0 Å². The maximum absolute atomic E-state index is 6.17. The third-order valence-electron chi connectivity index (χ3n) is 3.55. The summed E-state index contributed by atoms with van der Waals surface area (Å²) in [5.74, 6) is 0. The Balaban J connectivity index is 2.21. The SMILES string of the molecule is NCCCNCC(NCCCN)OC1CCCCC1. The number of hydrogen-bond donors (Lipinski definition) is 4. The Morgan fingerprint density at radius 3 is 2.37 bits per heavy atom. The van der Waals surface area contributed by atoms with E-state index < -0.39 is 0 Å². The average Bonchev–Trinajstić information content (AvgIpc) is 2.44. The monoisotopic (exact) mass is 272 g/mol. The molecule has 1 fully saturated rings. The molecule has 0 heterocycles. The Bertz CT molecular complexity index is 198. The summed E-state index contributed by atoms with van der Waals surface area (Å²) in [6, 6.07) is 0. The van der Waals surface area contributed by atoms with Gasteiger partial charge in [-0.3, -0.25) is 5.32 Å². The first-order valence-electron chi connectivity index (χ1n) is 7.86. The fourth-order valence-corrected chi connectivity index (χ4v) is 2.43. The zero-order valence-corrected chi connectivity index (χ0v) is 12.2. The molecule has 19 heavy (non-hydrogen) atoms. The zero-order chi connectivity index (χ0) is 13.8. The first-order valence-corrected chi connectivity index (χ1v) is 7.86. The van der Waals surface area contributed by atoms with Gasteiger partial charge in [0.15, 0.2) is 0 Å². The van der Waals surface area contributed by atoms with E-state index in [0.717, 1.165) is 45.6 Å². The average molecular weight is 272 g/mol. The highest BCUT2D eigenvalue weighted by Gasteiger charge is 2.18. The molecule has 6 N–H and O–H groups in total. The molecule has 0 spiro atoms. The van der Waals surface area contributed by atoms with E-state index >= 15 is 0 Å². The molecule has 1 rings (SSSR count). The molecule has 0 amide bonds. The van der Waals surface area contributed by atoms with Crippen LogP contribution in [-0.4, -0.2) is 45.1 Å². The number of nitrogens with two attached hydrogens (primary N) is 2. The standard InChI is InChI=1S/C14H32N4O/c15-8-4-10-17-12-14(18-11-5-9-16)19-13-6-2-1-3-7-13/h13-14,17-18H,1-12,15-16H2. The summed E-state index contributed by atoms with van der Waals surface area (Å²) in [7, 11) is 0. The van der Waals surface area contributed by atoms with Crippen molar-refractivity contribution in [1.82, 2.24) is 10.6 Å². The molecule has 1 saturated carbocycles. The molecular weight excluding hydrogens is 240 g/mol. The second-order valence-corrected chi connectivity index (χ2v) is 5.33. The van der Waals surface area contributed by atoms with Crippen molar-refractivity contribution in [2.75, 3.05) is 32.7 Å². The zero-order valence-electron chi connectivity index (χ0n) is 12.2. The van der Waals surface area contributed by atoms with Crippen LogP contribution in [0.3, 0.4) is 0 Å². The Morgan fingerprint density at radius 1 is 1.00 bits per heavy atom. The highest BCUT2D eigenvalue weighted by atomic mass is 16.5. The fraction of sp³-hybridized carbons (Fsp3) is 1.00. The number of nitrogens with one attached hydrogen (secondary N) is 2. The number of rotatable bonds is 11. The van der Waals surface area contributed by atoms with Gasteiger partial charge in [-0.05, 0) is 51.9 Å². The van der Waals surface area contributed by atoms with Crippen LogP contribution in [0.5, 0.6) is 0 Å². The lowest BCUT2D eigenvalue weighted by Gasteiger charge is -2.28. The van der Waals surface area contributed by atoms with E-state index in [-0.39, 0.29) is 6.23 Å². The van der Waals surface area contributed by atoms with Crippen LogP contribution in [0, 0.1) is 0 Å². The molecule has 0 aromatic heterocycles. The molecule has 114 valence electrons. The lowest BCUT2D eigenvalue weighted by molar-refractivity contribution is -0.0444. The van der Waals surface area contributed by atoms with E-state index in [1.165, 1.54) is 32.1 Å². The Kier molecular flexibility index (Phi) is 10.3. The van der Waals surface area contributed by atoms with Crippen molar-refractivity contribution in [2.45, 2.75) is 57.3 Å². The van der Waals surface area contributed by atoms with Crippen molar-refractivity contribution in [3.63, 3.8) is 0 Å². The van der Waals surface area contributed by atoms with Gasteiger partial charge in [-0.1, -0.05) is 19.3 Å². The van der Waals surface area contributed by atoms with Crippen molar-refractivity contribution in [1.29, 1.82) is 0 Å². The predicted octanol–water partition coefficient (Wildman–Crippen LogP) is 0.539. The summed E-state index contributed by atoms with van der Waals surface area (Å²) in [5, 5.41) is 6.85. The molecule has 1 aliphatic carbocycles. The number of ether oxygens (including phenoxy) is 1. The molecule has 1 aliphatic rings. The van der Waals surface area contributed by atoms with Gasteiger partial charge < -0.3 is 21.5 Å². The van der Waals surface area contributed by atoms with E-state index in [1.807, 2.05) is 0 Å². The lowest BCUT2D eigenvalue weighted by atomic mass is 9.98. The molecular formula is C14H32N4O. The fourth-order valence-electron chi connectivity index (χ4n) is 2.43. The normalized spacial score (nSPS) is 18.6. The van der Waals surface area contributed by atoms with Crippen LogP contribution in [0.15, 0.2) is 0 Å². The van der Waals surface area contributed by atoms with Crippen LogP contribution in [0.1, 0.15) is 44.9 Å². The Labute approximate surface area is 117 Å². The highest BCUT2D eigenvalue weighted by Crippen LogP contribution is 2.20. The topological polar surface area (TPSA) is 85.3 Å². The molecule has 0 aromatic carbocycles. The molecule has 0 aliphatic heterocycles. The van der Waals surface area contributed by atoms with Crippen molar-refractivity contribution in [3.8, 4) is 0 Å². The van der Waals surface area contributed by atoms with Gasteiger partial charge in [0, 0.05) is 6.54 Å². The van der Waals surface area contributed by atoms with Crippen molar-refractivity contribution >= 4 is 0 Å². The van der Waals surface area contributed by atoms with E-state index in [9.17, 15) is 0 Å². The summed E-state index contributed by atoms with van der Waals surface area (Å²) < 4.78 is 6.17. The summed E-state index contributed by atoms with van der Waals surface area (Å²) in [6.45, 7) is 4.19. The second-order valence-electron chi connectivity index (χ2n) is 5.33. The molecule has 0 bridgehead atoms. The largest absolute Gasteiger partial charge is 0.359 e. The molecule has 5 heteroatoms. The lowest BCUT2D eigenvalue weighted by Crippen LogP contribution is -2.44. The third kappa shape index (κ3) is 8.55. The molecule has 0 radical (unpaired) electrons. The quantitative estimate of drug-likeness (QED) is 0.326. The summed E-state index contributed by atoms with van der Waals surface area (Å²) in [5.41, 5.74) is 11.0. The van der Waals surface area contributed by atoms with Crippen LogP contribution in [-0.2, 0) is 4.74 Å². The van der Waals surface area contributed by atoms with Crippen LogP contribution in [0.4, 0.5) is 0 Å². The highest BCUT2D eigenvalue weighted by molar-refractivity contribution is 4.69. The van der Waals surface area contributed by atoms with Crippen LogP contribution in [0.25, 0.3) is 0 Å². The van der Waals surface area contributed by atoms with Gasteiger partial charge in [0.1, 0.15) is 6.23 Å². The van der Waals surface area contributed by atoms with E-state index in [2.05, 4.69) is 10.6 Å². The summed E-state index contributed by atoms with van der Waals surface area (Å²) in [6.07, 6.45) is 8.93. The van der Waals surface area contributed by atoms with Gasteiger partial charge >= 0.3 is 0 Å². The molecule has 1 unspecified atom stereocenters. The molecule has 0 aromatic rings. The van der Waals surface area contributed by atoms with Crippen molar-refractivity contribution in [2.24, 2.45) is 11.5 Å². The molecule has 1 atom stereocenters. The minimum atomic E-state index is 0.104. The Hall–Kier alpha value is -0.200. The van der Waals surface area contributed by atoms with Gasteiger partial charge in [-0.25, -0.2) is 0 Å². The van der Waals surface area contributed by atoms with Gasteiger partial charge in [-0.2, -0.15) is 0 Å². The maximum Gasteiger partial charge on any atom is 0.121 e. The minimum Gasteiger partial charge on any atom is -0.359 e. The first kappa shape index (κ1) is 16.9.